The molecule has 4 nitrogen and oxygen atoms in total. The van der Waals surface area contributed by atoms with Gasteiger partial charge in [-0.2, -0.15) is 0 Å². The fraction of sp³-hybridized carbons (Fsp3) is 0.917. The number of carbonyl (C=O) groups excluding carboxylic acids is 1. The molecule has 0 saturated carbocycles. The molecule has 0 aromatic carbocycles. The van der Waals surface area contributed by atoms with Crippen LogP contribution in [0, 0.1) is 5.92 Å². The first-order valence-corrected chi connectivity index (χ1v) is 6.10. The molecule has 0 aliphatic carbocycles. The fourth-order valence-corrected chi connectivity index (χ4v) is 2.15. The van der Waals surface area contributed by atoms with Gasteiger partial charge in [-0.1, -0.05) is 6.92 Å². The van der Waals surface area contributed by atoms with Crippen LogP contribution in [0.25, 0.3) is 0 Å². The topological polar surface area (TPSA) is 41.6 Å². The molecule has 1 rings (SSSR count). The van der Waals surface area contributed by atoms with Gasteiger partial charge in [0.2, 0.25) is 0 Å². The summed E-state index contributed by atoms with van der Waals surface area (Å²) in [6.07, 6.45) is 1.22. The second kappa shape index (κ2) is 5.64. The van der Waals surface area contributed by atoms with Gasteiger partial charge in [-0.3, -0.25) is 4.79 Å². The zero-order valence-electron chi connectivity index (χ0n) is 10.9. The molecule has 4 heteroatoms. The minimum absolute atomic E-state index is 0.156. The Hall–Kier alpha value is -0.610. The number of esters is 1. The van der Waals surface area contributed by atoms with Crippen molar-refractivity contribution in [3.05, 3.63) is 0 Å². The van der Waals surface area contributed by atoms with E-state index in [2.05, 4.69) is 17.1 Å². The summed E-state index contributed by atoms with van der Waals surface area (Å²) in [4.78, 5) is 14.2. The maximum Gasteiger partial charge on any atom is 0.327 e. The normalized spacial score (nSPS) is 25.4. The van der Waals surface area contributed by atoms with E-state index in [1.54, 1.807) is 0 Å². The van der Waals surface area contributed by atoms with E-state index in [9.17, 15) is 4.79 Å². The molecule has 1 saturated heterocycles. The summed E-state index contributed by atoms with van der Waals surface area (Å²) in [7, 11) is 1.82. The molecule has 1 aliphatic rings. The molecular formula is C12H24N2O2. The second-order valence-corrected chi connectivity index (χ2v) is 4.93. The first-order valence-electron chi connectivity index (χ1n) is 6.10. The molecule has 94 valence electrons. The lowest BCUT2D eigenvalue weighted by molar-refractivity contribution is -0.151. The summed E-state index contributed by atoms with van der Waals surface area (Å²) in [6.45, 7) is 9.33. The van der Waals surface area contributed by atoms with Gasteiger partial charge in [-0.05, 0) is 39.8 Å². The smallest absolute Gasteiger partial charge is 0.327 e. The van der Waals surface area contributed by atoms with Crippen LogP contribution in [0.5, 0.6) is 0 Å². The SMILES string of the molecule is CCOC(=O)C(C)(CN1CCC(C)C1)NC. The van der Waals surface area contributed by atoms with Gasteiger partial charge in [-0.25, -0.2) is 0 Å². The van der Waals surface area contributed by atoms with Crippen molar-refractivity contribution in [3.63, 3.8) is 0 Å². The van der Waals surface area contributed by atoms with Crippen LogP contribution in [0.2, 0.25) is 0 Å². The van der Waals surface area contributed by atoms with E-state index in [1.807, 2.05) is 20.9 Å². The van der Waals surface area contributed by atoms with Crippen LogP contribution in [0.1, 0.15) is 27.2 Å². The van der Waals surface area contributed by atoms with Crippen LogP contribution in [-0.2, 0) is 9.53 Å². The number of carbonyl (C=O) groups is 1. The van der Waals surface area contributed by atoms with E-state index >= 15 is 0 Å². The van der Waals surface area contributed by atoms with Crippen molar-refractivity contribution in [3.8, 4) is 0 Å². The van der Waals surface area contributed by atoms with Gasteiger partial charge < -0.3 is 15.0 Å². The zero-order chi connectivity index (χ0) is 12.2. The van der Waals surface area contributed by atoms with Gasteiger partial charge >= 0.3 is 5.97 Å². The highest BCUT2D eigenvalue weighted by Gasteiger charge is 2.36. The number of hydrogen-bond donors (Lipinski definition) is 1. The van der Waals surface area contributed by atoms with E-state index in [-0.39, 0.29) is 5.97 Å². The minimum Gasteiger partial charge on any atom is -0.465 e. The van der Waals surface area contributed by atoms with Crippen LogP contribution in [0.3, 0.4) is 0 Å². The van der Waals surface area contributed by atoms with Crippen molar-refractivity contribution >= 4 is 5.97 Å². The standard InChI is InChI=1S/C12H24N2O2/c1-5-16-11(15)12(3,13-4)9-14-7-6-10(2)8-14/h10,13H,5-9H2,1-4H3. The summed E-state index contributed by atoms with van der Waals surface area (Å²) < 4.78 is 5.11. The first kappa shape index (κ1) is 13.5. The second-order valence-electron chi connectivity index (χ2n) is 4.93. The van der Waals surface area contributed by atoms with Gasteiger partial charge in [-0.15, -0.1) is 0 Å². The Bertz CT molecular complexity index is 245. The van der Waals surface area contributed by atoms with Gasteiger partial charge in [0.1, 0.15) is 5.54 Å². The lowest BCUT2D eigenvalue weighted by Crippen LogP contribution is -2.56. The van der Waals surface area contributed by atoms with Crippen LogP contribution in [0.15, 0.2) is 0 Å². The van der Waals surface area contributed by atoms with Gasteiger partial charge in [0.15, 0.2) is 0 Å². The molecule has 2 atom stereocenters. The Morgan fingerprint density at radius 1 is 1.62 bits per heavy atom. The summed E-state index contributed by atoms with van der Waals surface area (Å²) in [6, 6.07) is 0. The molecule has 0 bridgehead atoms. The number of ether oxygens (including phenoxy) is 1. The van der Waals surface area contributed by atoms with E-state index in [0.29, 0.717) is 6.61 Å². The largest absolute Gasteiger partial charge is 0.465 e. The Kier molecular flexibility index (Phi) is 4.74. The lowest BCUT2D eigenvalue weighted by Gasteiger charge is -2.31. The molecule has 1 fully saturated rings. The quantitative estimate of drug-likeness (QED) is 0.709. The fourth-order valence-electron chi connectivity index (χ4n) is 2.15. The van der Waals surface area contributed by atoms with Crippen LogP contribution in [0.4, 0.5) is 0 Å². The van der Waals surface area contributed by atoms with Crippen molar-refractivity contribution in [2.75, 3.05) is 33.3 Å². The molecule has 16 heavy (non-hydrogen) atoms. The highest BCUT2D eigenvalue weighted by molar-refractivity contribution is 5.80. The highest BCUT2D eigenvalue weighted by atomic mass is 16.5. The van der Waals surface area contributed by atoms with Crippen molar-refractivity contribution in [2.45, 2.75) is 32.7 Å². The minimum atomic E-state index is -0.583. The molecule has 2 unspecified atom stereocenters. The van der Waals surface area contributed by atoms with Gasteiger partial charge in [0, 0.05) is 13.1 Å². The maximum absolute atomic E-state index is 11.9. The number of likely N-dealkylation sites (N-methyl/N-ethyl adjacent to an activating group) is 1. The summed E-state index contributed by atoms with van der Waals surface area (Å²) in [5.41, 5.74) is -0.583. The Morgan fingerprint density at radius 2 is 2.31 bits per heavy atom. The average Bonchev–Trinajstić information content (AvgIpc) is 2.64. The Morgan fingerprint density at radius 3 is 2.75 bits per heavy atom. The number of nitrogens with zero attached hydrogens (tertiary/aromatic N) is 1. The molecular weight excluding hydrogens is 204 g/mol. The number of likely N-dealkylation sites (tertiary alicyclic amines) is 1. The predicted octanol–water partition coefficient (Wildman–Crippen LogP) is 0.869. The summed E-state index contributed by atoms with van der Waals surface area (Å²) in [5.74, 6) is 0.584. The Balaban J connectivity index is 2.55. The molecule has 0 aromatic heterocycles. The summed E-state index contributed by atoms with van der Waals surface area (Å²) >= 11 is 0. The van der Waals surface area contributed by atoms with Crippen molar-refractivity contribution < 1.29 is 9.53 Å². The lowest BCUT2D eigenvalue weighted by atomic mass is 10.0. The molecule has 0 spiro atoms. The van der Waals surface area contributed by atoms with Crippen LogP contribution < -0.4 is 5.32 Å². The maximum atomic E-state index is 11.9. The first-order chi connectivity index (χ1) is 7.51. The molecule has 0 aromatic rings. The molecule has 1 aliphatic heterocycles. The van der Waals surface area contributed by atoms with Crippen LogP contribution in [-0.4, -0.2) is 49.7 Å². The molecule has 1 N–H and O–H groups in total. The summed E-state index contributed by atoms with van der Waals surface area (Å²) in [5, 5.41) is 3.09. The van der Waals surface area contributed by atoms with Crippen molar-refractivity contribution in [1.82, 2.24) is 10.2 Å². The monoisotopic (exact) mass is 228 g/mol. The highest BCUT2D eigenvalue weighted by Crippen LogP contribution is 2.18. The zero-order valence-corrected chi connectivity index (χ0v) is 10.9. The number of rotatable bonds is 5. The average molecular weight is 228 g/mol. The van der Waals surface area contributed by atoms with Crippen molar-refractivity contribution in [1.29, 1.82) is 0 Å². The van der Waals surface area contributed by atoms with E-state index in [4.69, 9.17) is 4.74 Å². The van der Waals surface area contributed by atoms with Crippen LogP contribution >= 0.6 is 0 Å². The third-order valence-electron chi connectivity index (χ3n) is 3.33. The molecule has 1 heterocycles. The van der Waals surface area contributed by atoms with Gasteiger partial charge in [0.25, 0.3) is 0 Å². The predicted molar refractivity (Wildman–Crippen MR) is 64.3 cm³/mol. The van der Waals surface area contributed by atoms with E-state index < -0.39 is 5.54 Å². The van der Waals surface area contributed by atoms with Gasteiger partial charge in [0.05, 0.1) is 6.61 Å². The van der Waals surface area contributed by atoms with E-state index in [1.165, 1.54) is 6.42 Å². The molecule has 0 amide bonds. The van der Waals surface area contributed by atoms with Crippen molar-refractivity contribution in [2.24, 2.45) is 5.92 Å². The number of hydrogen-bond acceptors (Lipinski definition) is 4. The Labute approximate surface area is 98.3 Å². The number of nitrogens with one attached hydrogen (secondary N) is 1. The third kappa shape index (κ3) is 3.19. The molecule has 0 radical (unpaired) electrons. The third-order valence-corrected chi connectivity index (χ3v) is 3.33. The van der Waals surface area contributed by atoms with E-state index in [0.717, 1.165) is 25.6 Å².